The topological polar surface area (TPSA) is 26.0 Å². The number of hydrogen-bond donors (Lipinski definition) is 0. The Bertz CT molecular complexity index is 3250. The van der Waals surface area contributed by atoms with Gasteiger partial charge in [-0.25, -0.2) is 4.98 Å². The quantitative estimate of drug-likeness (QED) is 0.172. The van der Waals surface area contributed by atoms with Gasteiger partial charge in [-0.15, -0.1) is 0 Å². The number of nitrogens with zero attached hydrogens (tertiary/aromatic N) is 4. The first-order valence-electron chi connectivity index (χ1n) is 18.7. The summed E-state index contributed by atoms with van der Waals surface area (Å²) >= 11 is 0. The van der Waals surface area contributed by atoms with Crippen LogP contribution in [-0.2, 0) is 5.41 Å². The number of fused-ring (bicyclic) bond motifs is 19. The van der Waals surface area contributed by atoms with Crippen molar-refractivity contribution in [3.8, 4) is 33.6 Å². The number of benzene rings is 8. The van der Waals surface area contributed by atoms with Crippen LogP contribution in [0.3, 0.4) is 0 Å². The maximum Gasteiger partial charge on any atom is 0.220 e. The van der Waals surface area contributed by atoms with Crippen molar-refractivity contribution in [2.24, 2.45) is 0 Å². The summed E-state index contributed by atoms with van der Waals surface area (Å²) in [6.07, 6.45) is 0. The Balaban J connectivity index is 1.17. The molecule has 1 atom stereocenters. The molecule has 2 aliphatic heterocycles. The summed E-state index contributed by atoms with van der Waals surface area (Å²) in [6.45, 7) is 0. The zero-order chi connectivity index (χ0) is 35.1. The molecule has 0 radical (unpaired) electrons. The average molecular weight is 687 g/mol. The molecule has 0 saturated carbocycles. The second kappa shape index (κ2) is 10.0. The van der Waals surface area contributed by atoms with Gasteiger partial charge in [0, 0.05) is 27.6 Å². The summed E-state index contributed by atoms with van der Waals surface area (Å²) in [6, 6.07) is 67.1. The highest BCUT2D eigenvalue weighted by Crippen LogP contribution is 2.62. The molecule has 4 heteroatoms. The summed E-state index contributed by atoms with van der Waals surface area (Å²) in [4.78, 5) is 7.80. The number of aromatic nitrogens is 3. The Morgan fingerprint density at radius 1 is 0.389 bits per heavy atom. The number of anilines is 3. The van der Waals surface area contributed by atoms with Gasteiger partial charge in [0.15, 0.2) is 0 Å². The molecule has 13 rings (SSSR count). The molecule has 10 aromatic rings. The fourth-order valence-electron chi connectivity index (χ4n) is 10.2. The van der Waals surface area contributed by atoms with Crippen molar-refractivity contribution in [1.82, 2.24) is 14.1 Å². The van der Waals surface area contributed by atoms with Crippen molar-refractivity contribution >= 4 is 50.2 Å². The fourth-order valence-corrected chi connectivity index (χ4v) is 10.2. The summed E-state index contributed by atoms with van der Waals surface area (Å²) in [5.41, 5.74) is 18.7. The number of imidazole rings is 1. The monoisotopic (exact) mass is 686 g/mol. The first-order valence-corrected chi connectivity index (χ1v) is 18.7. The Kier molecular flexibility index (Phi) is 5.28. The summed E-state index contributed by atoms with van der Waals surface area (Å²) < 4.78 is 4.85. The lowest BCUT2D eigenvalue weighted by Crippen LogP contribution is -2.33. The minimum absolute atomic E-state index is 0.545. The smallest absolute Gasteiger partial charge is 0.220 e. The molecule has 0 saturated heterocycles. The van der Waals surface area contributed by atoms with E-state index in [9.17, 15) is 0 Å². The molecular weight excluding hydrogens is 657 g/mol. The van der Waals surface area contributed by atoms with Crippen molar-refractivity contribution in [2.45, 2.75) is 5.41 Å². The van der Waals surface area contributed by atoms with Gasteiger partial charge in [0.25, 0.3) is 0 Å². The van der Waals surface area contributed by atoms with Crippen LogP contribution in [0.2, 0.25) is 0 Å². The first-order chi connectivity index (χ1) is 26.8. The summed E-state index contributed by atoms with van der Waals surface area (Å²) in [5, 5.41) is 2.56. The maximum absolute atomic E-state index is 5.41. The van der Waals surface area contributed by atoms with Gasteiger partial charge in [0.2, 0.25) is 5.95 Å². The van der Waals surface area contributed by atoms with Crippen LogP contribution in [0.15, 0.2) is 182 Å². The van der Waals surface area contributed by atoms with E-state index in [0.29, 0.717) is 0 Å². The van der Waals surface area contributed by atoms with Gasteiger partial charge in [0.1, 0.15) is 0 Å². The minimum atomic E-state index is -0.545. The Hall–Kier alpha value is -7.17. The van der Waals surface area contributed by atoms with Crippen molar-refractivity contribution in [2.75, 3.05) is 4.90 Å². The molecule has 1 aliphatic carbocycles. The highest BCUT2D eigenvalue weighted by atomic mass is 15.3. The van der Waals surface area contributed by atoms with E-state index in [4.69, 9.17) is 4.98 Å². The molecule has 8 aromatic carbocycles. The molecule has 4 heterocycles. The number of hydrogen-bond acceptors (Lipinski definition) is 2. The number of para-hydroxylation sites is 7. The van der Waals surface area contributed by atoms with Crippen molar-refractivity contribution in [3.63, 3.8) is 0 Å². The zero-order valence-electron chi connectivity index (χ0n) is 29.1. The predicted molar refractivity (Wildman–Crippen MR) is 220 cm³/mol. The average Bonchev–Trinajstić information content (AvgIpc) is 3.85. The summed E-state index contributed by atoms with van der Waals surface area (Å²) in [7, 11) is 0. The van der Waals surface area contributed by atoms with E-state index < -0.39 is 5.41 Å². The second-order valence-corrected chi connectivity index (χ2v) is 14.7. The van der Waals surface area contributed by atoms with Crippen LogP contribution < -0.4 is 4.90 Å². The van der Waals surface area contributed by atoms with Gasteiger partial charge in [-0.05, 0) is 81.9 Å². The molecule has 0 amide bonds. The largest absolute Gasteiger partial charge is 0.309 e. The third kappa shape index (κ3) is 3.29. The van der Waals surface area contributed by atoms with E-state index in [1.54, 1.807) is 0 Å². The molecule has 0 fully saturated rings. The van der Waals surface area contributed by atoms with E-state index in [1.807, 2.05) is 0 Å². The maximum atomic E-state index is 5.41. The van der Waals surface area contributed by atoms with Crippen LogP contribution in [0.4, 0.5) is 17.3 Å². The van der Waals surface area contributed by atoms with Crippen LogP contribution in [0.5, 0.6) is 0 Å². The van der Waals surface area contributed by atoms with Crippen LogP contribution in [-0.4, -0.2) is 14.1 Å². The lowest BCUT2D eigenvalue weighted by Gasteiger charge is -2.40. The third-order valence-electron chi connectivity index (χ3n) is 12.3. The molecule has 4 nitrogen and oxygen atoms in total. The minimum Gasteiger partial charge on any atom is -0.309 e. The van der Waals surface area contributed by atoms with Crippen molar-refractivity contribution < 1.29 is 0 Å². The van der Waals surface area contributed by atoms with Gasteiger partial charge in [-0.3, -0.25) is 9.47 Å². The Morgan fingerprint density at radius 3 is 1.87 bits per heavy atom. The molecule has 3 aliphatic rings. The van der Waals surface area contributed by atoms with Gasteiger partial charge in [-0.1, -0.05) is 133 Å². The zero-order valence-corrected chi connectivity index (χ0v) is 29.1. The molecule has 54 heavy (non-hydrogen) atoms. The predicted octanol–water partition coefficient (Wildman–Crippen LogP) is 12.2. The molecule has 0 N–H and O–H groups in total. The molecule has 1 unspecified atom stereocenters. The van der Waals surface area contributed by atoms with Crippen LogP contribution in [0, 0.1) is 0 Å². The lowest BCUT2D eigenvalue weighted by atomic mass is 9.65. The van der Waals surface area contributed by atoms with E-state index in [-0.39, 0.29) is 0 Å². The normalized spacial score (nSPS) is 15.8. The van der Waals surface area contributed by atoms with Gasteiger partial charge in [0.05, 0.1) is 44.5 Å². The Morgan fingerprint density at radius 2 is 1.00 bits per heavy atom. The van der Waals surface area contributed by atoms with Crippen LogP contribution >= 0.6 is 0 Å². The SMILES string of the molecule is c1ccc2c(c1)-c1ccccc1-n1c(nc3ccccc31)N2c1ccc2c(c1)C1(c3ccccc3-2)c2ccccc2-n2c3ccccc3c3cccc1c32. The Labute approximate surface area is 311 Å². The lowest BCUT2D eigenvalue weighted by molar-refractivity contribution is 0.748. The molecule has 1 spiro atoms. The van der Waals surface area contributed by atoms with E-state index in [2.05, 4.69) is 196 Å². The van der Waals surface area contributed by atoms with E-state index in [1.165, 1.54) is 72.0 Å². The third-order valence-corrected chi connectivity index (χ3v) is 12.3. The second-order valence-electron chi connectivity index (χ2n) is 14.7. The molecule has 250 valence electrons. The van der Waals surface area contributed by atoms with E-state index in [0.717, 1.165) is 34.0 Å². The van der Waals surface area contributed by atoms with Crippen molar-refractivity contribution in [1.29, 1.82) is 0 Å². The van der Waals surface area contributed by atoms with E-state index >= 15 is 0 Å². The van der Waals surface area contributed by atoms with Crippen LogP contribution in [0.1, 0.15) is 22.3 Å². The standard InChI is InChI=1S/C50H30N4/c1-5-19-38-32(14-1)33-29-28-31(52-43-23-8-2-15-34(43)35-16-3-10-25-45(35)54-47-27-12-7-22-42(47)51-49(52)54)30-41(33)50(38)39-20-6-11-26-46(39)53-44-24-9-4-17-36(44)37-18-13-21-40(50)48(37)53/h1-30H. The van der Waals surface area contributed by atoms with Gasteiger partial charge in [-0.2, -0.15) is 0 Å². The van der Waals surface area contributed by atoms with Gasteiger partial charge < -0.3 is 4.57 Å². The van der Waals surface area contributed by atoms with Gasteiger partial charge >= 0.3 is 0 Å². The molecule has 2 aromatic heterocycles. The highest BCUT2D eigenvalue weighted by molar-refractivity contribution is 6.13. The van der Waals surface area contributed by atoms with Crippen LogP contribution in [0.25, 0.3) is 66.5 Å². The molecule has 0 bridgehead atoms. The molecular formula is C50H30N4. The summed E-state index contributed by atoms with van der Waals surface area (Å²) in [5.74, 6) is 0.879. The van der Waals surface area contributed by atoms with Crippen molar-refractivity contribution in [3.05, 3.63) is 204 Å². The fraction of sp³-hybridized carbons (Fsp3) is 0.0200. The first kappa shape index (κ1) is 28.4. The highest BCUT2D eigenvalue weighted by Gasteiger charge is 2.51. The number of rotatable bonds is 1.